The molecule has 2 aliphatic rings. The summed E-state index contributed by atoms with van der Waals surface area (Å²) < 4.78 is 7.13. The van der Waals surface area contributed by atoms with Crippen LogP contribution in [-0.2, 0) is 17.8 Å². The molecule has 1 saturated heterocycles. The molecule has 31 heavy (non-hydrogen) atoms. The van der Waals surface area contributed by atoms with E-state index in [0.29, 0.717) is 32.6 Å². The first-order chi connectivity index (χ1) is 14.9. The SMILES string of the molecule is CC(C)[C@H](NC(=O)N1C[C@@H]2C[C@H](C1)c1cccc(=O)n1C2)C(=O)NCCc1ccco1. The van der Waals surface area contributed by atoms with E-state index in [1.807, 2.05) is 36.6 Å². The summed E-state index contributed by atoms with van der Waals surface area (Å²) in [4.78, 5) is 39.7. The number of rotatable bonds is 6. The molecule has 4 rings (SSSR count). The lowest BCUT2D eigenvalue weighted by Crippen LogP contribution is -2.57. The molecular weight excluding hydrogens is 396 g/mol. The predicted molar refractivity (Wildman–Crippen MR) is 116 cm³/mol. The molecule has 0 aromatic carbocycles. The first-order valence-corrected chi connectivity index (χ1v) is 11.0. The molecule has 2 aromatic heterocycles. The number of nitrogens with one attached hydrogen (secondary N) is 2. The van der Waals surface area contributed by atoms with E-state index in [0.717, 1.165) is 17.9 Å². The van der Waals surface area contributed by atoms with E-state index < -0.39 is 6.04 Å². The smallest absolute Gasteiger partial charge is 0.318 e. The third-order valence-electron chi connectivity index (χ3n) is 6.25. The maximum atomic E-state index is 13.0. The van der Waals surface area contributed by atoms with Gasteiger partial charge in [0.05, 0.1) is 6.26 Å². The van der Waals surface area contributed by atoms with Crippen molar-refractivity contribution in [3.63, 3.8) is 0 Å². The van der Waals surface area contributed by atoms with Crippen molar-refractivity contribution in [3.05, 3.63) is 58.4 Å². The molecular formula is C23H30N4O4. The number of furan rings is 1. The van der Waals surface area contributed by atoms with Crippen LogP contribution in [0.15, 0.2) is 45.8 Å². The highest BCUT2D eigenvalue weighted by Gasteiger charge is 2.37. The number of piperidine rings is 1. The van der Waals surface area contributed by atoms with Crippen molar-refractivity contribution in [1.29, 1.82) is 0 Å². The van der Waals surface area contributed by atoms with Gasteiger partial charge >= 0.3 is 6.03 Å². The third kappa shape index (κ3) is 4.68. The van der Waals surface area contributed by atoms with Gasteiger partial charge in [-0.05, 0) is 36.5 Å². The number of amides is 3. The van der Waals surface area contributed by atoms with Crippen LogP contribution in [-0.4, -0.2) is 47.1 Å². The Morgan fingerprint density at radius 2 is 2.00 bits per heavy atom. The van der Waals surface area contributed by atoms with Crippen molar-refractivity contribution >= 4 is 11.9 Å². The lowest BCUT2D eigenvalue weighted by molar-refractivity contribution is -0.123. The zero-order chi connectivity index (χ0) is 22.0. The first kappa shape index (κ1) is 21.2. The minimum Gasteiger partial charge on any atom is -0.469 e. The molecule has 0 unspecified atom stereocenters. The highest BCUT2D eigenvalue weighted by atomic mass is 16.3. The van der Waals surface area contributed by atoms with E-state index in [1.54, 1.807) is 23.3 Å². The number of pyridine rings is 1. The quantitative estimate of drug-likeness (QED) is 0.738. The molecule has 2 aromatic rings. The number of likely N-dealkylation sites (tertiary alicyclic amines) is 1. The number of nitrogens with zero attached hydrogens (tertiary/aromatic N) is 2. The average molecular weight is 427 g/mol. The Hall–Kier alpha value is -3.03. The van der Waals surface area contributed by atoms with Crippen LogP contribution in [0.5, 0.6) is 0 Å². The van der Waals surface area contributed by atoms with Crippen LogP contribution < -0.4 is 16.2 Å². The van der Waals surface area contributed by atoms with Gasteiger partial charge in [-0.3, -0.25) is 9.59 Å². The van der Waals surface area contributed by atoms with Gasteiger partial charge in [-0.15, -0.1) is 0 Å². The van der Waals surface area contributed by atoms with Gasteiger partial charge in [0.15, 0.2) is 0 Å². The number of aromatic nitrogens is 1. The number of carbonyl (C=O) groups is 2. The van der Waals surface area contributed by atoms with Gasteiger partial charge in [0.2, 0.25) is 5.91 Å². The Kier molecular flexibility index (Phi) is 6.15. The molecule has 3 atom stereocenters. The van der Waals surface area contributed by atoms with E-state index in [4.69, 9.17) is 4.42 Å². The van der Waals surface area contributed by atoms with Crippen molar-refractivity contribution in [3.8, 4) is 0 Å². The van der Waals surface area contributed by atoms with Crippen LogP contribution in [0.4, 0.5) is 4.79 Å². The second kappa shape index (κ2) is 8.99. The molecule has 0 spiro atoms. The highest BCUT2D eigenvalue weighted by molar-refractivity contribution is 5.87. The summed E-state index contributed by atoms with van der Waals surface area (Å²) in [6.07, 6.45) is 3.19. The van der Waals surface area contributed by atoms with Crippen LogP contribution in [0, 0.1) is 11.8 Å². The summed E-state index contributed by atoms with van der Waals surface area (Å²) in [5.74, 6) is 0.966. The van der Waals surface area contributed by atoms with E-state index >= 15 is 0 Å². The Labute approximate surface area is 181 Å². The summed E-state index contributed by atoms with van der Waals surface area (Å²) in [5.41, 5.74) is 1.02. The minimum atomic E-state index is -0.610. The second-order valence-corrected chi connectivity index (χ2v) is 8.89. The lowest BCUT2D eigenvalue weighted by atomic mass is 9.83. The second-order valence-electron chi connectivity index (χ2n) is 8.89. The molecule has 166 valence electrons. The summed E-state index contributed by atoms with van der Waals surface area (Å²) in [5, 5.41) is 5.84. The fraction of sp³-hybridized carbons (Fsp3) is 0.522. The van der Waals surface area contributed by atoms with Crippen LogP contribution >= 0.6 is 0 Å². The van der Waals surface area contributed by atoms with Gasteiger partial charge in [0, 0.05) is 50.3 Å². The standard InChI is InChI=1S/C23H30N4O4/c1-15(2)21(22(29)24-9-8-18-5-4-10-31-18)25-23(30)26-12-16-11-17(14-26)19-6-3-7-20(28)27(19)13-16/h3-7,10,15-17,21H,8-9,11-14H2,1-2H3,(H,24,29)(H,25,30)/t16-,17+,21-/m0/s1. The fourth-order valence-electron chi connectivity index (χ4n) is 4.70. The van der Waals surface area contributed by atoms with Gasteiger partial charge in [-0.25, -0.2) is 4.79 Å². The van der Waals surface area contributed by atoms with E-state index in [2.05, 4.69) is 10.6 Å². The van der Waals surface area contributed by atoms with Gasteiger partial charge in [0.25, 0.3) is 5.56 Å². The Balaban J connectivity index is 1.37. The topological polar surface area (TPSA) is 96.6 Å². The van der Waals surface area contributed by atoms with Crippen molar-refractivity contribution in [2.45, 2.75) is 45.2 Å². The van der Waals surface area contributed by atoms with Crippen LogP contribution in [0.3, 0.4) is 0 Å². The number of carbonyl (C=O) groups excluding carboxylic acids is 2. The molecule has 1 fully saturated rings. The zero-order valence-corrected chi connectivity index (χ0v) is 18.0. The summed E-state index contributed by atoms with van der Waals surface area (Å²) in [7, 11) is 0. The lowest BCUT2D eigenvalue weighted by Gasteiger charge is -2.43. The van der Waals surface area contributed by atoms with Crippen molar-refractivity contribution < 1.29 is 14.0 Å². The first-order valence-electron chi connectivity index (χ1n) is 11.0. The predicted octanol–water partition coefficient (Wildman–Crippen LogP) is 1.95. The molecule has 4 heterocycles. The van der Waals surface area contributed by atoms with Crippen LogP contribution in [0.25, 0.3) is 0 Å². The Bertz CT molecular complexity index is 982. The number of hydrogen-bond donors (Lipinski definition) is 2. The minimum absolute atomic E-state index is 0.0243. The molecule has 8 heteroatoms. The maximum absolute atomic E-state index is 13.0. The van der Waals surface area contributed by atoms with Gasteiger partial charge < -0.3 is 24.5 Å². The number of hydrogen-bond acceptors (Lipinski definition) is 4. The normalized spacial score (nSPS) is 20.8. The van der Waals surface area contributed by atoms with Gasteiger partial charge in [-0.1, -0.05) is 19.9 Å². The zero-order valence-electron chi connectivity index (χ0n) is 18.0. The molecule has 3 amide bonds. The summed E-state index contributed by atoms with van der Waals surface area (Å²) >= 11 is 0. The van der Waals surface area contributed by atoms with Crippen LogP contribution in [0.1, 0.15) is 37.6 Å². The number of fused-ring (bicyclic) bond motifs is 4. The average Bonchev–Trinajstić information content (AvgIpc) is 3.25. The monoisotopic (exact) mass is 426 g/mol. The highest BCUT2D eigenvalue weighted by Crippen LogP contribution is 2.34. The molecule has 0 aliphatic carbocycles. The third-order valence-corrected chi connectivity index (χ3v) is 6.25. The van der Waals surface area contributed by atoms with Crippen molar-refractivity contribution in [2.75, 3.05) is 19.6 Å². The van der Waals surface area contributed by atoms with E-state index in [9.17, 15) is 14.4 Å². The van der Waals surface area contributed by atoms with Crippen molar-refractivity contribution in [2.24, 2.45) is 11.8 Å². The summed E-state index contributed by atoms with van der Waals surface area (Å²) in [6.45, 7) is 6.07. The molecule has 2 N–H and O–H groups in total. The van der Waals surface area contributed by atoms with Gasteiger partial charge in [-0.2, -0.15) is 0 Å². The molecule has 2 bridgehead atoms. The van der Waals surface area contributed by atoms with Crippen molar-refractivity contribution in [1.82, 2.24) is 20.1 Å². The fourth-order valence-corrected chi connectivity index (χ4v) is 4.70. The van der Waals surface area contributed by atoms with Gasteiger partial charge in [0.1, 0.15) is 11.8 Å². The Morgan fingerprint density at radius 1 is 1.16 bits per heavy atom. The Morgan fingerprint density at radius 3 is 2.74 bits per heavy atom. The molecule has 8 nitrogen and oxygen atoms in total. The summed E-state index contributed by atoms with van der Waals surface area (Å²) in [6, 6.07) is 8.21. The molecule has 0 saturated carbocycles. The molecule has 2 aliphatic heterocycles. The van der Waals surface area contributed by atoms with E-state index in [1.165, 1.54) is 0 Å². The molecule has 0 radical (unpaired) electrons. The number of urea groups is 1. The van der Waals surface area contributed by atoms with E-state index in [-0.39, 0.29) is 35.3 Å². The largest absolute Gasteiger partial charge is 0.469 e. The maximum Gasteiger partial charge on any atom is 0.318 e. The van der Waals surface area contributed by atoms with Crippen LogP contribution in [0.2, 0.25) is 0 Å².